The van der Waals surface area contributed by atoms with E-state index in [0.29, 0.717) is 36.8 Å². The van der Waals surface area contributed by atoms with E-state index < -0.39 is 0 Å². The number of aliphatic imine (C=N–C) groups is 1. The Morgan fingerprint density at radius 1 is 1.00 bits per heavy atom. The van der Waals surface area contributed by atoms with Gasteiger partial charge in [-0.3, -0.25) is 4.79 Å². The fraction of sp³-hybridized carbons (Fsp3) is 0.200. The molecule has 0 aliphatic carbocycles. The maximum absolute atomic E-state index is 14.0. The van der Waals surface area contributed by atoms with E-state index in [1.807, 2.05) is 41.3 Å². The molecule has 0 bridgehead atoms. The van der Waals surface area contributed by atoms with Crippen molar-refractivity contribution >= 4 is 50.5 Å². The van der Waals surface area contributed by atoms with Gasteiger partial charge in [-0.05, 0) is 47.7 Å². The van der Waals surface area contributed by atoms with Gasteiger partial charge in [0.05, 0.1) is 10.6 Å². The highest BCUT2D eigenvalue weighted by Crippen LogP contribution is 2.31. The number of hydrogen-bond acceptors (Lipinski definition) is 4. The first-order chi connectivity index (χ1) is 13.1. The number of nitrogens with zero attached hydrogens (tertiary/aromatic N) is 3. The number of benzene rings is 2. The first kappa shape index (κ1) is 18.3. The highest BCUT2D eigenvalue weighted by atomic mass is 79.9. The summed E-state index contributed by atoms with van der Waals surface area (Å²) in [5, 5.41) is 0.733. The Morgan fingerprint density at radius 3 is 2.37 bits per heavy atom. The number of halogens is 2. The average Bonchev–Trinajstić information content (AvgIpc) is 3.05. The molecule has 4 rings (SSSR count). The molecule has 7 heteroatoms. The number of amidine groups is 1. The maximum atomic E-state index is 14.0. The van der Waals surface area contributed by atoms with Gasteiger partial charge in [0.25, 0.3) is 5.91 Å². The van der Waals surface area contributed by atoms with Crippen molar-refractivity contribution in [1.82, 2.24) is 4.90 Å². The summed E-state index contributed by atoms with van der Waals surface area (Å²) < 4.78 is 15.0. The lowest BCUT2D eigenvalue weighted by Crippen LogP contribution is -2.48. The zero-order chi connectivity index (χ0) is 18.8. The second-order valence-electron chi connectivity index (χ2n) is 6.29. The van der Waals surface area contributed by atoms with Crippen molar-refractivity contribution in [2.45, 2.75) is 0 Å². The van der Waals surface area contributed by atoms with Gasteiger partial charge in [0.15, 0.2) is 5.17 Å². The van der Waals surface area contributed by atoms with E-state index in [4.69, 9.17) is 0 Å². The Morgan fingerprint density at radius 2 is 1.67 bits per heavy atom. The number of piperazine rings is 1. The molecule has 2 aliphatic rings. The molecule has 0 atom stereocenters. The third kappa shape index (κ3) is 4.09. The molecular weight excluding hydrogens is 429 g/mol. The first-order valence-electron chi connectivity index (χ1n) is 8.63. The first-order valence-corrected chi connectivity index (χ1v) is 10.2. The predicted octanol–water partition coefficient (Wildman–Crippen LogP) is 4.38. The smallest absolute Gasteiger partial charge is 0.286 e. The Labute approximate surface area is 169 Å². The third-order valence-corrected chi connectivity index (χ3v) is 6.09. The van der Waals surface area contributed by atoms with Crippen LogP contribution in [0.3, 0.4) is 0 Å². The monoisotopic (exact) mass is 445 g/mol. The second-order valence-corrected chi connectivity index (χ2v) is 8.21. The van der Waals surface area contributed by atoms with Gasteiger partial charge in [0.1, 0.15) is 5.82 Å². The highest BCUT2D eigenvalue weighted by Gasteiger charge is 2.28. The van der Waals surface area contributed by atoms with Crippen LogP contribution in [0.5, 0.6) is 0 Å². The predicted molar refractivity (Wildman–Crippen MR) is 112 cm³/mol. The van der Waals surface area contributed by atoms with Crippen LogP contribution in [0.1, 0.15) is 5.56 Å². The molecule has 0 spiro atoms. The third-order valence-electron chi connectivity index (χ3n) is 4.52. The summed E-state index contributed by atoms with van der Waals surface area (Å²) in [6.07, 6.45) is 1.87. The van der Waals surface area contributed by atoms with Crippen LogP contribution >= 0.6 is 27.7 Å². The summed E-state index contributed by atoms with van der Waals surface area (Å²) in [6.45, 7) is 2.80. The van der Waals surface area contributed by atoms with Gasteiger partial charge in [-0.1, -0.05) is 40.2 Å². The minimum absolute atomic E-state index is 0.200. The van der Waals surface area contributed by atoms with E-state index >= 15 is 0 Å². The summed E-state index contributed by atoms with van der Waals surface area (Å²) in [4.78, 5) is 21.2. The van der Waals surface area contributed by atoms with Crippen LogP contribution in [0.15, 0.2) is 62.9 Å². The summed E-state index contributed by atoms with van der Waals surface area (Å²) >= 11 is 4.82. The zero-order valence-corrected chi connectivity index (χ0v) is 16.8. The molecule has 0 unspecified atom stereocenters. The van der Waals surface area contributed by atoms with Gasteiger partial charge in [-0.2, -0.15) is 4.99 Å². The van der Waals surface area contributed by atoms with Crippen LogP contribution in [0.4, 0.5) is 10.1 Å². The van der Waals surface area contributed by atoms with Crippen molar-refractivity contribution in [1.29, 1.82) is 0 Å². The minimum atomic E-state index is -0.201. The van der Waals surface area contributed by atoms with Crippen LogP contribution in [-0.2, 0) is 4.79 Å². The number of anilines is 1. The number of carbonyl (C=O) groups excluding carboxylic acids is 1. The number of thioether (sulfide) groups is 1. The van der Waals surface area contributed by atoms with Gasteiger partial charge < -0.3 is 9.80 Å². The maximum Gasteiger partial charge on any atom is 0.286 e. The molecule has 138 valence electrons. The van der Waals surface area contributed by atoms with Crippen LogP contribution in [0, 0.1) is 5.82 Å². The Hall–Kier alpha value is -2.12. The number of rotatable bonds is 2. The van der Waals surface area contributed by atoms with Crippen LogP contribution in [0.25, 0.3) is 6.08 Å². The topological polar surface area (TPSA) is 35.9 Å². The van der Waals surface area contributed by atoms with Crippen molar-refractivity contribution in [3.63, 3.8) is 0 Å². The Kier molecular flexibility index (Phi) is 5.31. The number of hydrogen-bond donors (Lipinski definition) is 0. The molecular formula is C20H17BrFN3OS. The van der Waals surface area contributed by atoms with E-state index in [1.54, 1.807) is 12.1 Å². The largest absolute Gasteiger partial charge is 0.366 e. The van der Waals surface area contributed by atoms with E-state index in [1.165, 1.54) is 17.8 Å². The van der Waals surface area contributed by atoms with E-state index in [2.05, 4.69) is 25.8 Å². The normalized spacial score (nSPS) is 19.0. The Bertz CT molecular complexity index is 921. The summed E-state index contributed by atoms with van der Waals surface area (Å²) in [5.74, 6) is -0.400. The van der Waals surface area contributed by atoms with Gasteiger partial charge in [0, 0.05) is 30.7 Å². The highest BCUT2D eigenvalue weighted by molar-refractivity contribution is 9.10. The molecule has 0 aromatic heterocycles. The van der Waals surface area contributed by atoms with E-state index in [-0.39, 0.29) is 11.7 Å². The van der Waals surface area contributed by atoms with Gasteiger partial charge in [-0.25, -0.2) is 4.39 Å². The molecule has 2 heterocycles. The molecule has 2 aliphatic heterocycles. The average molecular weight is 446 g/mol. The number of carbonyl (C=O) groups is 1. The second kappa shape index (κ2) is 7.86. The summed E-state index contributed by atoms with van der Waals surface area (Å²) in [7, 11) is 0. The van der Waals surface area contributed by atoms with Crippen LogP contribution in [0.2, 0.25) is 0 Å². The molecule has 0 saturated carbocycles. The van der Waals surface area contributed by atoms with Crippen LogP contribution in [-0.4, -0.2) is 42.2 Å². The molecule has 1 saturated heterocycles. The lowest BCUT2D eigenvalue weighted by atomic mass is 10.2. The van der Waals surface area contributed by atoms with Gasteiger partial charge >= 0.3 is 0 Å². The SMILES string of the molecule is O=C1N=C(N2CCN(c3ccccc3F)CC2)SC1=Cc1ccc(Br)cc1. The van der Waals surface area contributed by atoms with Crippen molar-refractivity contribution in [2.24, 2.45) is 4.99 Å². The summed E-state index contributed by atoms with van der Waals surface area (Å²) in [6, 6.07) is 14.6. The van der Waals surface area contributed by atoms with Gasteiger partial charge in [0.2, 0.25) is 0 Å². The fourth-order valence-electron chi connectivity index (χ4n) is 3.09. The minimum Gasteiger partial charge on any atom is -0.366 e. The summed E-state index contributed by atoms with van der Waals surface area (Å²) in [5.41, 5.74) is 1.60. The lowest BCUT2D eigenvalue weighted by Gasteiger charge is -2.36. The molecule has 27 heavy (non-hydrogen) atoms. The Balaban J connectivity index is 1.41. The quantitative estimate of drug-likeness (QED) is 0.642. The molecule has 1 fully saturated rings. The molecule has 1 amide bonds. The fourth-order valence-corrected chi connectivity index (χ4v) is 4.32. The molecule has 0 N–H and O–H groups in total. The van der Waals surface area contributed by atoms with Crippen LogP contribution < -0.4 is 4.90 Å². The van der Waals surface area contributed by atoms with Gasteiger partial charge in [-0.15, -0.1) is 0 Å². The standard InChI is InChI=1S/C20H17BrFN3OS/c21-15-7-5-14(6-8-15)13-18-19(26)23-20(27-18)25-11-9-24(10-12-25)17-4-2-1-3-16(17)22/h1-8,13H,9-12H2. The van der Waals surface area contributed by atoms with Crippen molar-refractivity contribution in [2.75, 3.05) is 31.1 Å². The molecule has 4 nitrogen and oxygen atoms in total. The number of amides is 1. The molecule has 2 aromatic rings. The molecule has 2 aromatic carbocycles. The lowest BCUT2D eigenvalue weighted by molar-refractivity contribution is -0.113. The van der Waals surface area contributed by atoms with E-state index in [0.717, 1.165) is 15.2 Å². The van der Waals surface area contributed by atoms with Crippen molar-refractivity contribution in [3.8, 4) is 0 Å². The van der Waals surface area contributed by atoms with E-state index in [9.17, 15) is 9.18 Å². The molecule has 0 radical (unpaired) electrons. The number of para-hydroxylation sites is 1. The van der Waals surface area contributed by atoms with Crippen molar-refractivity contribution in [3.05, 3.63) is 69.3 Å². The van der Waals surface area contributed by atoms with Crippen molar-refractivity contribution < 1.29 is 9.18 Å². The zero-order valence-electron chi connectivity index (χ0n) is 14.4.